The lowest BCUT2D eigenvalue weighted by atomic mass is 10.2. The van der Waals surface area contributed by atoms with Gasteiger partial charge in [0.2, 0.25) is 0 Å². The van der Waals surface area contributed by atoms with E-state index in [1.165, 1.54) is 32.1 Å². The van der Waals surface area contributed by atoms with Gasteiger partial charge in [-0.1, -0.05) is 13.3 Å². The Balaban J connectivity index is 1.56. The Kier molecular flexibility index (Phi) is 3.45. The molecule has 1 aliphatic carbocycles. The lowest BCUT2D eigenvalue weighted by Crippen LogP contribution is -2.29. The fourth-order valence-electron chi connectivity index (χ4n) is 2.51. The Bertz CT molecular complexity index is 183. The molecule has 4 unspecified atom stereocenters. The smallest absolute Gasteiger partial charge is 0.0704 e. The van der Waals surface area contributed by atoms with Gasteiger partial charge >= 0.3 is 0 Å². The van der Waals surface area contributed by atoms with E-state index in [2.05, 4.69) is 19.2 Å². The Labute approximate surface area is 87.4 Å². The molecule has 0 bridgehead atoms. The summed E-state index contributed by atoms with van der Waals surface area (Å²) in [4.78, 5) is 0. The third-order valence-electron chi connectivity index (χ3n) is 3.51. The van der Waals surface area contributed by atoms with Gasteiger partial charge in [0.1, 0.15) is 0 Å². The Hall–Kier alpha value is -0.0800. The number of rotatable bonds is 5. The molecule has 1 saturated carbocycles. The molecule has 2 heteroatoms. The fourth-order valence-corrected chi connectivity index (χ4v) is 2.51. The van der Waals surface area contributed by atoms with Gasteiger partial charge < -0.3 is 10.1 Å². The van der Waals surface area contributed by atoms with Crippen molar-refractivity contribution in [1.82, 2.24) is 5.32 Å². The summed E-state index contributed by atoms with van der Waals surface area (Å²) >= 11 is 0. The second-order valence-corrected chi connectivity index (χ2v) is 4.95. The summed E-state index contributed by atoms with van der Waals surface area (Å²) in [5.74, 6) is 0.971. The van der Waals surface area contributed by atoms with E-state index in [0.29, 0.717) is 12.2 Å². The van der Waals surface area contributed by atoms with Crippen LogP contribution < -0.4 is 5.32 Å². The molecule has 2 rings (SSSR count). The summed E-state index contributed by atoms with van der Waals surface area (Å²) in [5.41, 5.74) is 0. The first-order valence-electron chi connectivity index (χ1n) is 6.18. The highest BCUT2D eigenvalue weighted by Crippen LogP contribution is 2.34. The maximum atomic E-state index is 5.77. The van der Waals surface area contributed by atoms with Gasteiger partial charge in [0.25, 0.3) is 0 Å². The summed E-state index contributed by atoms with van der Waals surface area (Å²) in [5, 5.41) is 3.63. The lowest BCUT2D eigenvalue weighted by Gasteiger charge is -2.11. The van der Waals surface area contributed by atoms with Crippen LogP contribution in [0.3, 0.4) is 0 Å². The van der Waals surface area contributed by atoms with E-state index >= 15 is 0 Å². The minimum absolute atomic E-state index is 0.493. The first kappa shape index (κ1) is 10.4. The van der Waals surface area contributed by atoms with Gasteiger partial charge in [0, 0.05) is 12.6 Å². The van der Waals surface area contributed by atoms with Crippen molar-refractivity contribution in [3.8, 4) is 0 Å². The molecule has 2 aliphatic rings. The third kappa shape index (κ3) is 2.71. The average molecular weight is 197 g/mol. The van der Waals surface area contributed by atoms with Crippen LogP contribution in [0.15, 0.2) is 0 Å². The molecule has 14 heavy (non-hydrogen) atoms. The number of hydrogen-bond donors (Lipinski definition) is 1. The normalized spacial score (nSPS) is 41.6. The van der Waals surface area contributed by atoms with Crippen LogP contribution in [0.5, 0.6) is 0 Å². The Morgan fingerprint density at radius 2 is 2.21 bits per heavy atom. The SMILES string of the molecule is CCCC1CC1NCC1CCC(C)O1. The number of ether oxygens (including phenoxy) is 1. The van der Waals surface area contributed by atoms with Crippen molar-refractivity contribution in [3.63, 3.8) is 0 Å². The standard InChI is InChI=1S/C12H23NO/c1-3-4-10-7-12(10)13-8-11-6-5-9(2)14-11/h9-13H,3-8H2,1-2H3. The number of hydrogen-bond acceptors (Lipinski definition) is 2. The third-order valence-corrected chi connectivity index (χ3v) is 3.51. The zero-order valence-electron chi connectivity index (χ0n) is 9.46. The quantitative estimate of drug-likeness (QED) is 0.730. The molecule has 0 amide bonds. The highest BCUT2D eigenvalue weighted by Gasteiger charge is 2.36. The molecule has 2 nitrogen and oxygen atoms in total. The summed E-state index contributed by atoms with van der Waals surface area (Å²) < 4.78 is 5.77. The van der Waals surface area contributed by atoms with Gasteiger partial charge in [-0.3, -0.25) is 0 Å². The van der Waals surface area contributed by atoms with Crippen molar-refractivity contribution in [1.29, 1.82) is 0 Å². The lowest BCUT2D eigenvalue weighted by molar-refractivity contribution is 0.0556. The van der Waals surface area contributed by atoms with Crippen molar-refractivity contribution < 1.29 is 4.74 Å². The highest BCUT2D eigenvalue weighted by molar-refractivity contribution is 4.93. The second-order valence-electron chi connectivity index (χ2n) is 4.95. The van der Waals surface area contributed by atoms with Crippen LogP contribution in [0.25, 0.3) is 0 Å². The predicted octanol–water partition coefficient (Wildman–Crippen LogP) is 2.33. The van der Waals surface area contributed by atoms with Gasteiger partial charge in [0.15, 0.2) is 0 Å². The molecular weight excluding hydrogens is 174 g/mol. The van der Waals surface area contributed by atoms with Crippen molar-refractivity contribution in [2.75, 3.05) is 6.54 Å². The molecule has 1 N–H and O–H groups in total. The predicted molar refractivity (Wildman–Crippen MR) is 58.4 cm³/mol. The van der Waals surface area contributed by atoms with Gasteiger partial charge in [-0.25, -0.2) is 0 Å². The first-order valence-corrected chi connectivity index (χ1v) is 6.18. The molecule has 0 aromatic rings. The summed E-state index contributed by atoms with van der Waals surface area (Å²) in [7, 11) is 0. The molecule has 1 saturated heterocycles. The zero-order valence-corrected chi connectivity index (χ0v) is 9.46. The highest BCUT2D eigenvalue weighted by atomic mass is 16.5. The molecular formula is C12H23NO. The van der Waals surface area contributed by atoms with Crippen molar-refractivity contribution >= 4 is 0 Å². The van der Waals surface area contributed by atoms with Gasteiger partial charge in [-0.05, 0) is 38.5 Å². The van der Waals surface area contributed by atoms with Crippen LogP contribution in [-0.2, 0) is 4.74 Å². The van der Waals surface area contributed by atoms with Crippen LogP contribution >= 0.6 is 0 Å². The van der Waals surface area contributed by atoms with E-state index in [-0.39, 0.29) is 0 Å². The second kappa shape index (κ2) is 4.63. The van der Waals surface area contributed by atoms with E-state index < -0.39 is 0 Å². The molecule has 0 spiro atoms. The molecule has 0 radical (unpaired) electrons. The molecule has 0 aromatic carbocycles. The van der Waals surface area contributed by atoms with E-state index in [1.807, 2.05) is 0 Å². The molecule has 2 fully saturated rings. The van der Waals surface area contributed by atoms with Crippen LogP contribution in [0, 0.1) is 5.92 Å². The maximum absolute atomic E-state index is 5.77. The maximum Gasteiger partial charge on any atom is 0.0704 e. The minimum atomic E-state index is 0.493. The molecule has 1 aliphatic heterocycles. The van der Waals surface area contributed by atoms with Gasteiger partial charge in [-0.2, -0.15) is 0 Å². The van der Waals surface area contributed by atoms with E-state index in [9.17, 15) is 0 Å². The van der Waals surface area contributed by atoms with Crippen LogP contribution in [0.2, 0.25) is 0 Å². The summed E-state index contributed by atoms with van der Waals surface area (Å²) in [6.45, 7) is 5.53. The van der Waals surface area contributed by atoms with Crippen LogP contribution in [0.1, 0.15) is 46.0 Å². The van der Waals surface area contributed by atoms with E-state index in [0.717, 1.165) is 18.5 Å². The molecule has 82 valence electrons. The number of nitrogens with one attached hydrogen (secondary N) is 1. The van der Waals surface area contributed by atoms with E-state index in [4.69, 9.17) is 4.74 Å². The van der Waals surface area contributed by atoms with Gasteiger partial charge in [-0.15, -0.1) is 0 Å². The average Bonchev–Trinajstić information content (AvgIpc) is 2.77. The molecule has 1 heterocycles. The summed E-state index contributed by atoms with van der Waals surface area (Å²) in [6.07, 6.45) is 7.62. The molecule has 0 aromatic heterocycles. The fraction of sp³-hybridized carbons (Fsp3) is 1.00. The van der Waals surface area contributed by atoms with Crippen molar-refractivity contribution in [2.24, 2.45) is 5.92 Å². The van der Waals surface area contributed by atoms with Gasteiger partial charge in [0.05, 0.1) is 12.2 Å². The summed E-state index contributed by atoms with van der Waals surface area (Å²) in [6, 6.07) is 0.814. The van der Waals surface area contributed by atoms with Crippen LogP contribution in [-0.4, -0.2) is 24.8 Å². The van der Waals surface area contributed by atoms with Crippen molar-refractivity contribution in [3.05, 3.63) is 0 Å². The first-order chi connectivity index (χ1) is 6.79. The minimum Gasteiger partial charge on any atom is -0.374 e. The van der Waals surface area contributed by atoms with Crippen molar-refractivity contribution in [2.45, 2.75) is 64.2 Å². The largest absolute Gasteiger partial charge is 0.374 e. The zero-order chi connectivity index (χ0) is 9.97. The van der Waals surface area contributed by atoms with E-state index in [1.54, 1.807) is 0 Å². The Morgan fingerprint density at radius 3 is 2.86 bits per heavy atom. The van der Waals surface area contributed by atoms with Crippen LogP contribution in [0.4, 0.5) is 0 Å². The molecule has 4 atom stereocenters. The topological polar surface area (TPSA) is 21.3 Å². The Morgan fingerprint density at radius 1 is 1.36 bits per heavy atom. The monoisotopic (exact) mass is 197 g/mol.